The third-order valence-corrected chi connectivity index (χ3v) is 10.9. The van der Waals surface area contributed by atoms with Gasteiger partial charge in [0.2, 0.25) is 5.91 Å². The molecule has 1 heterocycles. The summed E-state index contributed by atoms with van der Waals surface area (Å²) >= 11 is 0. The van der Waals surface area contributed by atoms with Gasteiger partial charge in [-0.1, -0.05) is 40.0 Å². The molecule has 5 fully saturated rings. The van der Waals surface area contributed by atoms with E-state index in [1.54, 1.807) is 13.3 Å². The molecule has 1 saturated heterocycles. The molecule has 4 saturated carbocycles. The molecule has 0 radical (unpaired) electrons. The highest BCUT2D eigenvalue weighted by atomic mass is 16.2. The molecule has 1 aliphatic heterocycles. The minimum Gasteiger partial charge on any atom is -0.343 e. The zero-order valence-corrected chi connectivity index (χ0v) is 21.0. The van der Waals surface area contributed by atoms with Crippen LogP contribution in [0.2, 0.25) is 0 Å². The Labute approximate surface area is 192 Å². The molecule has 3 unspecified atom stereocenters. The number of hydrogen-bond donors (Lipinski definition) is 1. The molecule has 8 atom stereocenters. The van der Waals surface area contributed by atoms with E-state index in [-0.39, 0.29) is 11.4 Å². The smallest absolute Gasteiger partial charge is 0.219 e. The Morgan fingerprint density at radius 3 is 2.48 bits per heavy atom. The topological polar surface area (TPSA) is 46.3 Å². The fourth-order valence-corrected chi connectivity index (χ4v) is 8.87. The van der Waals surface area contributed by atoms with Gasteiger partial charge in [-0.3, -0.25) is 4.79 Å². The van der Waals surface area contributed by atoms with E-state index in [0.717, 1.165) is 42.7 Å². The quantitative estimate of drug-likeness (QED) is 0.523. The molecule has 0 spiro atoms. The molecule has 2 N–H and O–H groups in total. The highest BCUT2D eigenvalue weighted by molar-refractivity contribution is 5.73. The third kappa shape index (κ3) is 4.46. The number of piperidine rings is 1. The van der Waals surface area contributed by atoms with E-state index in [1.165, 1.54) is 77.0 Å². The molecule has 5 aliphatic rings. The second kappa shape index (κ2) is 9.35. The Bertz CT molecular complexity index is 635. The second-order valence-corrected chi connectivity index (χ2v) is 12.6. The van der Waals surface area contributed by atoms with Gasteiger partial charge in [-0.05, 0) is 105 Å². The Morgan fingerprint density at radius 2 is 1.81 bits per heavy atom. The van der Waals surface area contributed by atoms with Crippen LogP contribution in [-0.2, 0) is 4.79 Å². The van der Waals surface area contributed by atoms with Crippen molar-refractivity contribution in [2.45, 2.75) is 117 Å². The van der Waals surface area contributed by atoms with Gasteiger partial charge in [0.15, 0.2) is 0 Å². The average Bonchev–Trinajstić information content (AvgIpc) is 3.08. The SMILES string of the molecule is CC(=O)N1CCCC(C)C1.CC[C@H]1CCC2[C@H](CCC3[C@@H]2CC[C@]2(C)CCC[C@]32N)C1. The number of rotatable bonds is 1. The van der Waals surface area contributed by atoms with Crippen LogP contribution >= 0.6 is 0 Å². The van der Waals surface area contributed by atoms with Gasteiger partial charge in [-0.2, -0.15) is 0 Å². The second-order valence-electron chi connectivity index (χ2n) is 12.6. The van der Waals surface area contributed by atoms with Crippen LogP contribution in [0, 0.1) is 40.9 Å². The van der Waals surface area contributed by atoms with Gasteiger partial charge < -0.3 is 10.6 Å². The van der Waals surface area contributed by atoms with Crippen LogP contribution in [-0.4, -0.2) is 29.4 Å². The van der Waals surface area contributed by atoms with E-state index in [1.807, 2.05) is 4.90 Å². The van der Waals surface area contributed by atoms with Crippen LogP contribution in [0.5, 0.6) is 0 Å². The fraction of sp³-hybridized carbons (Fsp3) is 0.964. The summed E-state index contributed by atoms with van der Waals surface area (Å²) < 4.78 is 0. The normalized spacial score (nSPS) is 46.8. The zero-order valence-electron chi connectivity index (χ0n) is 21.0. The van der Waals surface area contributed by atoms with Gasteiger partial charge in [0, 0.05) is 25.6 Å². The van der Waals surface area contributed by atoms with Crippen molar-refractivity contribution in [3.05, 3.63) is 0 Å². The Hall–Kier alpha value is -0.570. The molecule has 178 valence electrons. The van der Waals surface area contributed by atoms with Gasteiger partial charge in [-0.15, -0.1) is 0 Å². The van der Waals surface area contributed by atoms with Gasteiger partial charge in [0.05, 0.1) is 0 Å². The van der Waals surface area contributed by atoms with Crippen molar-refractivity contribution in [3.63, 3.8) is 0 Å². The van der Waals surface area contributed by atoms with Crippen molar-refractivity contribution in [1.29, 1.82) is 0 Å². The van der Waals surface area contributed by atoms with E-state index in [2.05, 4.69) is 20.8 Å². The summed E-state index contributed by atoms with van der Waals surface area (Å²) in [6.45, 7) is 10.7. The fourth-order valence-electron chi connectivity index (χ4n) is 8.87. The van der Waals surface area contributed by atoms with Crippen LogP contribution in [0.3, 0.4) is 0 Å². The molecule has 0 bridgehead atoms. The van der Waals surface area contributed by atoms with Crippen LogP contribution in [0.25, 0.3) is 0 Å². The van der Waals surface area contributed by atoms with Crippen molar-refractivity contribution in [1.82, 2.24) is 4.90 Å². The maximum absolute atomic E-state index is 10.9. The number of nitrogens with two attached hydrogens (primary N) is 1. The molecule has 31 heavy (non-hydrogen) atoms. The number of carbonyl (C=O) groups is 1. The number of nitrogens with zero attached hydrogens (tertiary/aromatic N) is 1. The Morgan fingerprint density at radius 1 is 1.00 bits per heavy atom. The molecular weight excluding hydrogens is 380 g/mol. The standard InChI is InChI=1S/C20H35N.C8H15NO/c1-3-14-5-7-16-15(13-14)6-8-18-17(16)9-12-19(2)10-4-11-20(18,19)21;1-7-4-3-5-9(6-7)8(2)10/h14-18H,3-13,21H2,1-2H3;7H,3-6H2,1-2H3/t14-,15+,16?,17+,18?,19-,20-;/m0./s1. The summed E-state index contributed by atoms with van der Waals surface area (Å²) in [4.78, 5) is 12.8. The number of carbonyl (C=O) groups excluding carboxylic acids is 1. The van der Waals surface area contributed by atoms with E-state index in [4.69, 9.17) is 5.73 Å². The van der Waals surface area contributed by atoms with Crippen LogP contribution in [0.4, 0.5) is 0 Å². The Kier molecular flexibility index (Phi) is 7.12. The zero-order chi connectivity index (χ0) is 22.2. The highest BCUT2D eigenvalue weighted by Crippen LogP contribution is 2.63. The van der Waals surface area contributed by atoms with Crippen molar-refractivity contribution in [2.75, 3.05) is 13.1 Å². The van der Waals surface area contributed by atoms with Crippen molar-refractivity contribution >= 4 is 5.91 Å². The Balaban J connectivity index is 0.000000196. The summed E-state index contributed by atoms with van der Waals surface area (Å²) in [7, 11) is 0. The van der Waals surface area contributed by atoms with Crippen LogP contribution in [0.15, 0.2) is 0 Å². The molecule has 3 nitrogen and oxygen atoms in total. The molecule has 4 aliphatic carbocycles. The van der Waals surface area contributed by atoms with Crippen molar-refractivity contribution < 1.29 is 4.79 Å². The summed E-state index contributed by atoms with van der Waals surface area (Å²) in [5.41, 5.74) is 7.80. The predicted octanol–water partition coefficient (Wildman–Crippen LogP) is 6.40. The lowest BCUT2D eigenvalue weighted by Gasteiger charge is -2.60. The van der Waals surface area contributed by atoms with Crippen molar-refractivity contribution in [2.24, 2.45) is 46.7 Å². The minimum atomic E-state index is 0.197. The molecule has 0 aromatic heterocycles. The summed E-state index contributed by atoms with van der Waals surface area (Å²) in [5.74, 6) is 5.91. The van der Waals surface area contributed by atoms with Crippen molar-refractivity contribution in [3.8, 4) is 0 Å². The predicted molar refractivity (Wildman–Crippen MR) is 130 cm³/mol. The molecule has 1 amide bonds. The summed E-state index contributed by atoms with van der Waals surface area (Å²) in [6, 6.07) is 0. The summed E-state index contributed by atoms with van der Waals surface area (Å²) in [6.07, 6.45) is 18.4. The van der Waals surface area contributed by atoms with E-state index in [0.29, 0.717) is 11.3 Å². The van der Waals surface area contributed by atoms with Gasteiger partial charge >= 0.3 is 0 Å². The monoisotopic (exact) mass is 430 g/mol. The first-order valence-corrected chi connectivity index (χ1v) is 13.8. The summed E-state index contributed by atoms with van der Waals surface area (Å²) in [5, 5.41) is 0. The van der Waals surface area contributed by atoms with Gasteiger partial charge in [0.25, 0.3) is 0 Å². The highest BCUT2D eigenvalue weighted by Gasteiger charge is 2.60. The maximum Gasteiger partial charge on any atom is 0.219 e. The number of amides is 1. The lowest BCUT2D eigenvalue weighted by atomic mass is 9.47. The van der Waals surface area contributed by atoms with E-state index >= 15 is 0 Å². The average molecular weight is 431 g/mol. The number of fused-ring (bicyclic) bond motifs is 5. The van der Waals surface area contributed by atoms with Gasteiger partial charge in [-0.25, -0.2) is 0 Å². The molecule has 3 heteroatoms. The number of likely N-dealkylation sites (tertiary alicyclic amines) is 1. The first-order valence-electron chi connectivity index (χ1n) is 13.8. The van der Waals surface area contributed by atoms with Gasteiger partial charge in [0.1, 0.15) is 0 Å². The lowest BCUT2D eigenvalue weighted by Crippen LogP contribution is -2.63. The van der Waals surface area contributed by atoms with Crippen LogP contribution in [0.1, 0.15) is 111 Å². The molecular formula is C28H50N2O. The first-order chi connectivity index (χ1) is 14.8. The third-order valence-electron chi connectivity index (χ3n) is 10.9. The molecule has 0 aromatic rings. The van der Waals surface area contributed by atoms with E-state index < -0.39 is 0 Å². The molecule has 0 aromatic carbocycles. The maximum atomic E-state index is 10.9. The minimum absolute atomic E-state index is 0.197. The van der Waals surface area contributed by atoms with E-state index in [9.17, 15) is 4.79 Å². The first kappa shape index (κ1) is 23.6. The van der Waals surface area contributed by atoms with Crippen LogP contribution < -0.4 is 5.73 Å². The largest absolute Gasteiger partial charge is 0.343 e. The lowest BCUT2D eigenvalue weighted by molar-refractivity contribution is -0.130. The molecule has 5 rings (SSSR count). The number of hydrogen-bond acceptors (Lipinski definition) is 2.